The normalized spacial score (nSPS) is 11.3. The van der Waals surface area contributed by atoms with E-state index in [4.69, 9.17) is 5.73 Å². The number of nitrogen functional groups attached to an aromatic ring is 1. The number of para-hydroxylation sites is 1. The minimum Gasteiger partial charge on any atom is -0.396 e. The number of pyridine rings is 1. The number of hydrogen-bond acceptors (Lipinski definition) is 3. The highest BCUT2D eigenvalue weighted by molar-refractivity contribution is 9.10. The number of aromatic nitrogens is 3. The average Bonchev–Trinajstić information content (AvgIpc) is 2.91. The van der Waals surface area contributed by atoms with E-state index in [1.54, 1.807) is 6.20 Å². The third-order valence-electron chi connectivity index (χ3n) is 3.52. The monoisotopic (exact) mass is 338 g/mol. The largest absolute Gasteiger partial charge is 0.396 e. The highest BCUT2D eigenvalue weighted by atomic mass is 79.9. The van der Waals surface area contributed by atoms with Crippen LogP contribution < -0.4 is 5.73 Å². The van der Waals surface area contributed by atoms with Crippen molar-refractivity contribution in [1.29, 1.82) is 0 Å². The van der Waals surface area contributed by atoms with Crippen molar-refractivity contribution < 1.29 is 0 Å². The van der Waals surface area contributed by atoms with Gasteiger partial charge < -0.3 is 5.73 Å². The van der Waals surface area contributed by atoms with Gasteiger partial charge in [-0.2, -0.15) is 5.10 Å². The van der Waals surface area contributed by atoms with Gasteiger partial charge in [0.25, 0.3) is 0 Å². The molecule has 0 unspecified atom stereocenters. The van der Waals surface area contributed by atoms with E-state index in [1.165, 1.54) is 0 Å². The van der Waals surface area contributed by atoms with Crippen LogP contribution in [0, 0.1) is 0 Å². The Morgan fingerprint density at radius 2 is 1.90 bits per heavy atom. The summed E-state index contributed by atoms with van der Waals surface area (Å²) in [7, 11) is 0. The lowest BCUT2D eigenvalue weighted by Gasteiger charge is -2.11. The van der Waals surface area contributed by atoms with Gasteiger partial charge in [0.05, 0.1) is 34.8 Å². The number of rotatable bonds is 1. The fourth-order valence-electron chi connectivity index (χ4n) is 2.55. The molecule has 21 heavy (non-hydrogen) atoms. The lowest BCUT2D eigenvalue weighted by atomic mass is 10.1. The lowest BCUT2D eigenvalue weighted by molar-refractivity contribution is 0.919. The maximum atomic E-state index is 6.18. The first-order chi connectivity index (χ1) is 10.2. The van der Waals surface area contributed by atoms with Gasteiger partial charge in [0.15, 0.2) is 0 Å². The molecule has 102 valence electrons. The Hall–Kier alpha value is -2.40. The summed E-state index contributed by atoms with van der Waals surface area (Å²) in [6.07, 6.45) is 3.53. The molecule has 4 nitrogen and oxygen atoms in total. The number of hydrogen-bond donors (Lipinski definition) is 1. The molecule has 2 aromatic heterocycles. The van der Waals surface area contributed by atoms with Crippen LogP contribution in [0.3, 0.4) is 0 Å². The van der Waals surface area contributed by atoms with E-state index in [9.17, 15) is 0 Å². The summed E-state index contributed by atoms with van der Waals surface area (Å²) in [5, 5.41) is 6.55. The molecule has 4 rings (SSSR count). The van der Waals surface area contributed by atoms with Crippen LogP contribution in [-0.2, 0) is 0 Å². The van der Waals surface area contributed by atoms with E-state index in [-0.39, 0.29) is 0 Å². The van der Waals surface area contributed by atoms with Crippen molar-refractivity contribution in [2.45, 2.75) is 0 Å². The van der Waals surface area contributed by atoms with Crippen molar-refractivity contribution in [2.24, 2.45) is 0 Å². The second kappa shape index (κ2) is 4.56. The zero-order valence-electron chi connectivity index (χ0n) is 11.0. The van der Waals surface area contributed by atoms with Crippen LogP contribution in [0.1, 0.15) is 0 Å². The van der Waals surface area contributed by atoms with Crippen molar-refractivity contribution in [3.63, 3.8) is 0 Å². The van der Waals surface area contributed by atoms with Crippen molar-refractivity contribution in [3.05, 3.63) is 59.3 Å². The van der Waals surface area contributed by atoms with Crippen molar-refractivity contribution in [2.75, 3.05) is 5.73 Å². The van der Waals surface area contributed by atoms with Crippen LogP contribution in [-0.4, -0.2) is 14.8 Å². The molecular formula is C16H11BrN4. The van der Waals surface area contributed by atoms with Gasteiger partial charge in [-0.3, -0.25) is 4.98 Å². The minimum atomic E-state index is 0.606. The van der Waals surface area contributed by atoms with Gasteiger partial charge in [-0.25, -0.2) is 4.68 Å². The topological polar surface area (TPSA) is 56.7 Å². The van der Waals surface area contributed by atoms with E-state index in [2.05, 4.69) is 26.0 Å². The van der Waals surface area contributed by atoms with Gasteiger partial charge in [-0.15, -0.1) is 0 Å². The molecule has 0 aliphatic carbocycles. The van der Waals surface area contributed by atoms with Crippen molar-refractivity contribution in [1.82, 2.24) is 14.8 Å². The molecule has 0 atom stereocenters. The van der Waals surface area contributed by atoms with E-state index >= 15 is 0 Å². The Labute approximate surface area is 129 Å². The van der Waals surface area contributed by atoms with Crippen LogP contribution >= 0.6 is 15.9 Å². The second-order valence-corrected chi connectivity index (χ2v) is 5.75. The fourth-order valence-corrected chi connectivity index (χ4v) is 2.91. The highest BCUT2D eigenvalue weighted by Crippen LogP contribution is 2.30. The fraction of sp³-hybridized carbons (Fsp3) is 0. The first-order valence-electron chi connectivity index (χ1n) is 6.51. The van der Waals surface area contributed by atoms with Gasteiger partial charge >= 0.3 is 0 Å². The Morgan fingerprint density at radius 3 is 2.81 bits per heavy atom. The molecule has 0 bridgehead atoms. The number of fused-ring (bicyclic) bond motifs is 2. The zero-order chi connectivity index (χ0) is 14.4. The van der Waals surface area contributed by atoms with Crippen LogP contribution in [0.5, 0.6) is 0 Å². The maximum absolute atomic E-state index is 6.18. The number of halogens is 1. The lowest BCUT2D eigenvalue weighted by Crippen LogP contribution is -2.03. The molecule has 0 saturated heterocycles. The van der Waals surface area contributed by atoms with Crippen molar-refractivity contribution in [3.8, 4) is 5.69 Å². The third kappa shape index (κ3) is 1.89. The molecule has 0 aliphatic heterocycles. The Bertz CT molecular complexity index is 969. The Balaban J connectivity index is 2.14. The molecule has 0 spiro atoms. The minimum absolute atomic E-state index is 0.606. The predicted molar refractivity (Wildman–Crippen MR) is 88.5 cm³/mol. The average molecular weight is 339 g/mol. The molecule has 2 N–H and O–H groups in total. The summed E-state index contributed by atoms with van der Waals surface area (Å²) >= 11 is 3.51. The van der Waals surface area contributed by atoms with E-state index < -0.39 is 0 Å². The smallest absolute Gasteiger partial charge is 0.0992 e. The molecule has 0 aliphatic rings. The summed E-state index contributed by atoms with van der Waals surface area (Å²) in [6.45, 7) is 0. The molecule has 0 saturated carbocycles. The molecule has 0 amide bonds. The van der Waals surface area contributed by atoms with Gasteiger partial charge in [-0.05, 0) is 24.3 Å². The van der Waals surface area contributed by atoms with Gasteiger partial charge in [-0.1, -0.05) is 34.1 Å². The van der Waals surface area contributed by atoms with E-state index in [0.717, 1.165) is 32.0 Å². The van der Waals surface area contributed by atoms with Crippen LogP contribution in [0.2, 0.25) is 0 Å². The van der Waals surface area contributed by atoms with Crippen molar-refractivity contribution >= 4 is 43.4 Å². The number of nitrogens with two attached hydrogens (primary N) is 1. The summed E-state index contributed by atoms with van der Waals surface area (Å²) in [4.78, 5) is 4.39. The summed E-state index contributed by atoms with van der Waals surface area (Å²) in [5.41, 5.74) is 9.57. The Morgan fingerprint density at radius 1 is 1.05 bits per heavy atom. The number of benzene rings is 2. The summed E-state index contributed by atoms with van der Waals surface area (Å²) < 4.78 is 2.86. The molecule has 0 fully saturated rings. The molecule has 2 aromatic carbocycles. The molecule has 5 heteroatoms. The van der Waals surface area contributed by atoms with E-state index in [1.807, 2.05) is 53.3 Å². The second-order valence-electron chi connectivity index (χ2n) is 4.84. The highest BCUT2D eigenvalue weighted by Gasteiger charge is 2.12. The SMILES string of the molecule is Nc1cnc2ccc(Br)cc2c1-n1ncc2ccccc21. The third-order valence-corrected chi connectivity index (χ3v) is 4.01. The maximum Gasteiger partial charge on any atom is 0.0992 e. The number of nitrogens with zero attached hydrogens (tertiary/aromatic N) is 3. The van der Waals surface area contributed by atoms with Gasteiger partial charge in [0, 0.05) is 15.2 Å². The van der Waals surface area contributed by atoms with Crippen LogP contribution in [0.25, 0.3) is 27.5 Å². The first kappa shape index (κ1) is 12.3. The molecule has 4 aromatic rings. The molecule has 2 heterocycles. The van der Waals surface area contributed by atoms with Gasteiger partial charge in [0.1, 0.15) is 0 Å². The van der Waals surface area contributed by atoms with Gasteiger partial charge in [0.2, 0.25) is 0 Å². The van der Waals surface area contributed by atoms with E-state index in [0.29, 0.717) is 5.69 Å². The number of anilines is 1. The molecule has 0 radical (unpaired) electrons. The molecular weight excluding hydrogens is 328 g/mol. The standard InChI is InChI=1S/C16H11BrN4/c17-11-5-6-14-12(7-11)16(13(18)9-19-14)21-15-4-2-1-3-10(15)8-20-21/h1-9H,18H2. The zero-order valence-corrected chi connectivity index (χ0v) is 12.6. The quantitative estimate of drug-likeness (QED) is 0.572. The predicted octanol–water partition coefficient (Wildman–Crippen LogP) is 3.92. The van der Waals surface area contributed by atoms with Crippen LogP contribution in [0.15, 0.2) is 59.3 Å². The van der Waals surface area contributed by atoms with Crippen LogP contribution in [0.4, 0.5) is 5.69 Å². The summed E-state index contributed by atoms with van der Waals surface area (Å²) in [6, 6.07) is 14.0. The first-order valence-corrected chi connectivity index (χ1v) is 7.30. The summed E-state index contributed by atoms with van der Waals surface area (Å²) in [5.74, 6) is 0. The Kier molecular flexibility index (Phi) is 2.68.